The predicted molar refractivity (Wildman–Crippen MR) is 131 cm³/mol. The summed E-state index contributed by atoms with van der Waals surface area (Å²) in [6.07, 6.45) is 0. The minimum Gasteiger partial charge on any atom is -0.422 e. The van der Waals surface area contributed by atoms with Gasteiger partial charge in [0.2, 0.25) is 10.0 Å². The smallest absolute Gasteiger partial charge is 0.336 e. The normalized spacial score (nSPS) is 16.4. The lowest BCUT2D eigenvalue weighted by Crippen LogP contribution is -2.48. The van der Waals surface area contributed by atoms with Gasteiger partial charge in [0.25, 0.3) is 0 Å². The summed E-state index contributed by atoms with van der Waals surface area (Å²) in [6, 6.07) is 12.8. The van der Waals surface area contributed by atoms with E-state index < -0.39 is 10.0 Å². The summed E-state index contributed by atoms with van der Waals surface area (Å²) in [6.45, 7) is 12.9. The maximum absolute atomic E-state index is 13.2. The van der Waals surface area contributed by atoms with Gasteiger partial charge >= 0.3 is 5.63 Å². The molecule has 0 atom stereocenters. The molecule has 6 nitrogen and oxygen atoms in total. The molecule has 1 aromatic heterocycles. The van der Waals surface area contributed by atoms with E-state index in [0.717, 1.165) is 27.6 Å². The molecule has 0 amide bonds. The van der Waals surface area contributed by atoms with Crippen LogP contribution in [0.4, 0.5) is 0 Å². The molecule has 2 aromatic carbocycles. The van der Waals surface area contributed by atoms with E-state index >= 15 is 0 Å². The van der Waals surface area contributed by atoms with E-state index in [1.807, 2.05) is 38.1 Å². The summed E-state index contributed by atoms with van der Waals surface area (Å²) in [5.74, 6) is 0. The second-order valence-corrected chi connectivity index (χ2v) is 11.9. The van der Waals surface area contributed by atoms with Crippen LogP contribution in [0.3, 0.4) is 0 Å². The topological polar surface area (TPSA) is 70.8 Å². The standard InChI is InChI=1S/C26H32N2O4S/c1-18-6-11-23-20(16-24(29)32-25(23)19(18)2)17-27-12-14-28(15-13-27)33(30,31)22-9-7-21(8-10-22)26(3,4)5/h6-11,16H,12-15,17H2,1-5H3. The highest BCUT2D eigenvalue weighted by atomic mass is 32.2. The van der Waals surface area contributed by atoms with Crippen LogP contribution in [0.25, 0.3) is 11.0 Å². The van der Waals surface area contributed by atoms with Crippen molar-refractivity contribution in [3.8, 4) is 0 Å². The third-order valence-corrected chi connectivity index (χ3v) is 8.51. The number of sulfonamides is 1. The molecule has 0 spiro atoms. The molecule has 3 aromatic rings. The molecule has 0 saturated carbocycles. The first-order valence-corrected chi connectivity index (χ1v) is 12.8. The Balaban J connectivity index is 1.48. The van der Waals surface area contributed by atoms with Crippen LogP contribution in [0.5, 0.6) is 0 Å². The predicted octanol–water partition coefficient (Wildman–Crippen LogP) is 4.21. The summed E-state index contributed by atoms with van der Waals surface area (Å²) >= 11 is 0. The monoisotopic (exact) mass is 468 g/mol. The fourth-order valence-corrected chi connectivity index (χ4v) is 5.72. The summed E-state index contributed by atoms with van der Waals surface area (Å²) < 4.78 is 33.3. The van der Waals surface area contributed by atoms with E-state index in [9.17, 15) is 13.2 Å². The number of nitrogens with zero attached hydrogens (tertiary/aromatic N) is 2. The molecule has 1 saturated heterocycles. The van der Waals surface area contributed by atoms with Crippen molar-refractivity contribution in [2.24, 2.45) is 0 Å². The highest BCUT2D eigenvalue weighted by Crippen LogP contribution is 2.27. The molecule has 33 heavy (non-hydrogen) atoms. The maximum atomic E-state index is 13.2. The zero-order chi connectivity index (χ0) is 24.0. The summed E-state index contributed by atoms with van der Waals surface area (Å²) in [5.41, 5.74) is 4.33. The van der Waals surface area contributed by atoms with Crippen molar-refractivity contribution in [3.05, 3.63) is 75.1 Å². The molecule has 176 valence electrons. The van der Waals surface area contributed by atoms with Crippen LogP contribution < -0.4 is 5.63 Å². The average Bonchev–Trinajstić information content (AvgIpc) is 2.76. The Kier molecular flexibility index (Phi) is 6.24. The van der Waals surface area contributed by atoms with Gasteiger partial charge < -0.3 is 4.42 Å². The van der Waals surface area contributed by atoms with Gasteiger partial charge in [0.05, 0.1) is 4.90 Å². The Bertz CT molecular complexity index is 1330. The number of aryl methyl sites for hydroxylation is 2. The molecule has 1 aliphatic heterocycles. The molecule has 1 aliphatic rings. The van der Waals surface area contributed by atoms with Gasteiger partial charge in [0.1, 0.15) is 5.58 Å². The first-order valence-electron chi connectivity index (χ1n) is 11.3. The number of piperazine rings is 1. The van der Waals surface area contributed by atoms with Crippen molar-refractivity contribution in [1.29, 1.82) is 0 Å². The molecular formula is C26H32N2O4S. The number of fused-ring (bicyclic) bond motifs is 1. The van der Waals surface area contributed by atoms with Crippen molar-refractivity contribution >= 4 is 21.0 Å². The summed E-state index contributed by atoms with van der Waals surface area (Å²) in [7, 11) is -3.53. The van der Waals surface area contributed by atoms with Crippen LogP contribution in [0.1, 0.15) is 43.0 Å². The Morgan fingerprint density at radius 1 is 0.939 bits per heavy atom. The van der Waals surface area contributed by atoms with Crippen LogP contribution in [-0.2, 0) is 22.0 Å². The molecule has 0 radical (unpaired) electrons. The Labute approximate surface area is 195 Å². The van der Waals surface area contributed by atoms with Crippen LogP contribution in [-0.4, -0.2) is 43.8 Å². The Morgan fingerprint density at radius 3 is 2.18 bits per heavy atom. The highest BCUT2D eigenvalue weighted by molar-refractivity contribution is 7.89. The molecular weight excluding hydrogens is 436 g/mol. The van der Waals surface area contributed by atoms with Crippen LogP contribution in [0.15, 0.2) is 56.6 Å². The molecule has 0 N–H and O–H groups in total. The zero-order valence-corrected chi connectivity index (χ0v) is 20.8. The van der Waals surface area contributed by atoms with Crippen LogP contribution >= 0.6 is 0 Å². The van der Waals surface area contributed by atoms with Gasteiger partial charge in [-0.15, -0.1) is 0 Å². The number of rotatable bonds is 4. The quantitative estimate of drug-likeness (QED) is 0.537. The Hall–Kier alpha value is -2.48. The van der Waals surface area contributed by atoms with Gasteiger partial charge in [0.15, 0.2) is 0 Å². The maximum Gasteiger partial charge on any atom is 0.336 e. The number of hydrogen-bond donors (Lipinski definition) is 0. The first-order chi connectivity index (χ1) is 15.5. The zero-order valence-electron chi connectivity index (χ0n) is 20.0. The van der Waals surface area contributed by atoms with E-state index in [0.29, 0.717) is 43.2 Å². The molecule has 2 heterocycles. The van der Waals surface area contributed by atoms with Gasteiger partial charge in [-0.05, 0) is 53.6 Å². The van der Waals surface area contributed by atoms with Crippen LogP contribution in [0, 0.1) is 13.8 Å². The fourth-order valence-electron chi connectivity index (χ4n) is 4.30. The van der Waals surface area contributed by atoms with E-state index in [4.69, 9.17) is 4.42 Å². The van der Waals surface area contributed by atoms with Crippen molar-refractivity contribution in [2.75, 3.05) is 26.2 Å². The molecule has 0 bridgehead atoms. The fraction of sp³-hybridized carbons (Fsp3) is 0.423. The minimum absolute atomic E-state index is 0.0238. The minimum atomic E-state index is -3.53. The summed E-state index contributed by atoms with van der Waals surface area (Å²) in [5, 5.41) is 0.937. The second-order valence-electron chi connectivity index (χ2n) is 9.93. The first kappa shape index (κ1) is 23.7. The highest BCUT2D eigenvalue weighted by Gasteiger charge is 2.29. The molecule has 0 unspecified atom stereocenters. The van der Waals surface area contributed by atoms with Crippen molar-refractivity contribution in [1.82, 2.24) is 9.21 Å². The lowest BCUT2D eigenvalue weighted by molar-refractivity contribution is 0.182. The van der Waals surface area contributed by atoms with Gasteiger partial charge in [-0.1, -0.05) is 45.0 Å². The van der Waals surface area contributed by atoms with Gasteiger partial charge in [-0.25, -0.2) is 13.2 Å². The van der Waals surface area contributed by atoms with Gasteiger partial charge in [0, 0.05) is 44.2 Å². The molecule has 1 fully saturated rings. The third-order valence-electron chi connectivity index (χ3n) is 6.60. The largest absolute Gasteiger partial charge is 0.422 e. The lowest BCUT2D eigenvalue weighted by Gasteiger charge is -2.34. The van der Waals surface area contributed by atoms with Gasteiger partial charge in [-0.2, -0.15) is 4.31 Å². The molecule has 7 heteroatoms. The van der Waals surface area contributed by atoms with E-state index in [2.05, 4.69) is 25.7 Å². The second kappa shape index (κ2) is 8.70. The molecule has 4 rings (SSSR count). The van der Waals surface area contributed by atoms with E-state index in [-0.39, 0.29) is 11.0 Å². The van der Waals surface area contributed by atoms with Crippen LogP contribution in [0.2, 0.25) is 0 Å². The third kappa shape index (κ3) is 4.76. The lowest BCUT2D eigenvalue weighted by atomic mass is 9.87. The van der Waals surface area contributed by atoms with Crippen molar-refractivity contribution in [2.45, 2.75) is 51.5 Å². The number of hydrogen-bond acceptors (Lipinski definition) is 5. The number of benzene rings is 2. The van der Waals surface area contributed by atoms with Gasteiger partial charge in [-0.3, -0.25) is 4.90 Å². The SMILES string of the molecule is Cc1ccc2c(CN3CCN(S(=O)(=O)c4ccc(C(C)(C)C)cc4)CC3)cc(=O)oc2c1C. The van der Waals surface area contributed by atoms with E-state index in [1.165, 1.54) is 0 Å². The van der Waals surface area contributed by atoms with Crippen molar-refractivity contribution in [3.63, 3.8) is 0 Å². The average molecular weight is 469 g/mol. The van der Waals surface area contributed by atoms with Crippen molar-refractivity contribution < 1.29 is 12.8 Å². The van der Waals surface area contributed by atoms with E-state index in [1.54, 1.807) is 22.5 Å². The Morgan fingerprint density at radius 2 is 1.58 bits per heavy atom. The molecule has 0 aliphatic carbocycles. The summed E-state index contributed by atoms with van der Waals surface area (Å²) in [4.78, 5) is 14.7.